The van der Waals surface area contributed by atoms with Gasteiger partial charge in [0.1, 0.15) is 5.69 Å². The number of hydrogen-bond donors (Lipinski definition) is 1. The molecule has 0 amide bonds. The second-order valence-electron chi connectivity index (χ2n) is 1.51. The van der Waals surface area contributed by atoms with Crippen LogP contribution in [0.5, 0.6) is 0 Å². The number of aromatic amines is 1. The van der Waals surface area contributed by atoms with E-state index in [0.717, 1.165) is 0 Å². The Labute approximate surface area is 52.1 Å². The van der Waals surface area contributed by atoms with Crippen molar-refractivity contribution in [1.29, 1.82) is 0 Å². The van der Waals surface area contributed by atoms with Crippen LogP contribution in [0.1, 0.15) is 5.69 Å². The molecule has 0 saturated carbocycles. The third-order valence-corrected chi connectivity index (χ3v) is 0.929. The second kappa shape index (κ2) is 2.26. The Morgan fingerprint density at radius 2 is 2.56 bits per heavy atom. The lowest BCUT2D eigenvalue weighted by atomic mass is 10.4. The fourth-order valence-corrected chi connectivity index (χ4v) is 0.508. The van der Waals surface area contributed by atoms with Crippen LogP contribution in [-0.4, -0.2) is 9.97 Å². The Kier molecular flexibility index (Phi) is 1.44. The summed E-state index contributed by atoms with van der Waals surface area (Å²) in [5.74, 6) is 0. The third-order valence-electron chi connectivity index (χ3n) is 0.929. The highest BCUT2D eigenvalue weighted by Gasteiger charge is 1.88. The predicted molar refractivity (Wildman–Crippen MR) is 34.9 cm³/mol. The molecule has 0 unspecified atom stereocenters. The van der Waals surface area contributed by atoms with Gasteiger partial charge in [-0.1, -0.05) is 6.58 Å². The maximum absolute atomic E-state index is 10.7. The summed E-state index contributed by atoms with van der Waals surface area (Å²) >= 11 is 0. The van der Waals surface area contributed by atoms with Crippen molar-refractivity contribution in [2.24, 2.45) is 0 Å². The van der Waals surface area contributed by atoms with Crippen molar-refractivity contribution in [3.63, 3.8) is 0 Å². The van der Waals surface area contributed by atoms with Gasteiger partial charge >= 0.3 is 0 Å². The van der Waals surface area contributed by atoms with Crippen molar-refractivity contribution in [2.45, 2.75) is 0 Å². The molecular formula is C6H6N2O. The van der Waals surface area contributed by atoms with Gasteiger partial charge in [-0.25, -0.2) is 4.98 Å². The highest BCUT2D eigenvalue weighted by molar-refractivity contribution is 5.38. The van der Waals surface area contributed by atoms with Crippen LogP contribution in [0.4, 0.5) is 0 Å². The fraction of sp³-hybridized carbons (Fsp3) is 0. The maximum Gasteiger partial charge on any atom is 0.273 e. The molecule has 3 heteroatoms. The molecule has 0 aliphatic rings. The van der Waals surface area contributed by atoms with E-state index in [1.165, 1.54) is 18.5 Å². The van der Waals surface area contributed by atoms with E-state index in [9.17, 15) is 4.79 Å². The molecule has 0 bridgehead atoms. The standard InChI is InChI=1S/C6H6N2O/c1-2-5-6(9)8-4-3-7-5/h2-4H,1H2,(H,8,9). The minimum atomic E-state index is -0.201. The van der Waals surface area contributed by atoms with E-state index in [0.29, 0.717) is 5.69 Å². The van der Waals surface area contributed by atoms with Gasteiger partial charge in [0.15, 0.2) is 0 Å². The van der Waals surface area contributed by atoms with E-state index >= 15 is 0 Å². The molecule has 0 aromatic carbocycles. The summed E-state index contributed by atoms with van der Waals surface area (Å²) in [7, 11) is 0. The Bertz CT molecular complexity index is 264. The quantitative estimate of drug-likeness (QED) is 0.586. The molecule has 0 fully saturated rings. The van der Waals surface area contributed by atoms with Gasteiger partial charge in [-0.15, -0.1) is 0 Å². The van der Waals surface area contributed by atoms with Crippen molar-refractivity contribution >= 4 is 6.08 Å². The summed E-state index contributed by atoms with van der Waals surface area (Å²) in [6.07, 6.45) is 4.41. The molecule has 0 aliphatic heterocycles. The molecule has 1 aromatic heterocycles. The first-order valence-electron chi connectivity index (χ1n) is 2.50. The van der Waals surface area contributed by atoms with Crippen LogP contribution in [0.15, 0.2) is 23.8 Å². The van der Waals surface area contributed by atoms with Gasteiger partial charge in [0.05, 0.1) is 0 Å². The topological polar surface area (TPSA) is 45.8 Å². The average molecular weight is 122 g/mol. The Morgan fingerprint density at radius 1 is 1.78 bits per heavy atom. The van der Waals surface area contributed by atoms with Crippen LogP contribution in [0.2, 0.25) is 0 Å². The fourth-order valence-electron chi connectivity index (χ4n) is 0.508. The zero-order valence-corrected chi connectivity index (χ0v) is 4.79. The Balaban J connectivity index is 3.32. The smallest absolute Gasteiger partial charge is 0.273 e. The number of H-pyrrole nitrogens is 1. The van der Waals surface area contributed by atoms with E-state index in [4.69, 9.17) is 0 Å². The summed E-state index contributed by atoms with van der Waals surface area (Å²) in [6.45, 7) is 3.41. The molecule has 9 heavy (non-hydrogen) atoms. The van der Waals surface area contributed by atoms with Gasteiger partial charge in [-0.3, -0.25) is 4.79 Å². The summed E-state index contributed by atoms with van der Waals surface area (Å²) in [5, 5.41) is 0. The molecule has 0 aliphatic carbocycles. The second-order valence-corrected chi connectivity index (χ2v) is 1.51. The van der Waals surface area contributed by atoms with E-state index in [1.807, 2.05) is 0 Å². The first-order chi connectivity index (χ1) is 4.34. The Morgan fingerprint density at radius 3 is 3.00 bits per heavy atom. The lowest BCUT2D eigenvalue weighted by molar-refractivity contribution is 1.12. The van der Waals surface area contributed by atoms with Crippen LogP contribution in [0, 0.1) is 0 Å². The van der Waals surface area contributed by atoms with E-state index in [-0.39, 0.29) is 5.56 Å². The van der Waals surface area contributed by atoms with Crippen LogP contribution >= 0.6 is 0 Å². The van der Waals surface area contributed by atoms with Gasteiger partial charge in [0.2, 0.25) is 0 Å². The lowest BCUT2D eigenvalue weighted by Gasteiger charge is -1.84. The minimum Gasteiger partial charge on any atom is -0.326 e. The first-order valence-corrected chi connectivity index (χ1v) is 2.50. The lowest BCUT2D eigenvalue weighted by Crippen LogP contribution is -2.09. The molecular weight excluding hydrogens is 116 g/mol. The van der Waals surface area contributed by atoms with Crippen LogP contribution < -0.4 is 5.56 Å². The minimum absolute atomic E-state index is 0.201. The summed E-state index contributed by atoms with van der Waals surface area (Å²) < 4.78 is 0. The zero-order chi connectivity index (χ0) is 6.69. The molecule has 0 atom stereocenters. The number of aromatic nitrogens is 2. The van der Waals surface area contributed by atoms with Crippen LogP contribution in [-0.2, 0) is 0 Å². The monoisotopic (exact) mass is 122 g/mol. The average Bonchev–Trinajstić information content (AvgIpc) is 1.89. The molecule has 1 rings (SSSR count). The van der Waals surface area contributed by atoms with Crippen LogP contribution in [0.3, 0.4) is 0 Å². The number of rotatable bonds is 1. The summed E-state index contributed by atoms with van der Waals surface area (Å²) in [6, 6.07) is 0. The molecule has 1 heterocycles. The molecule has 1 N–H and O–H groups in total. The molecule has 0 radical (unpaired) electrons. The van der Waals surface area contributed by atoms with Gasteiger partial charge in [0.25, 0.3) is 5.56 Å². The van der Waals surface area contributed by atoms with Crippen molar-refractivity contribution < 1.29 is 0 Å². The van der Waals surface area contributed by atoms with Crippen molar-refractivity contribution in [3.05, 3.63) is 35.0 Å². The van der Waals surface area contributed by atoms with Gasteiger partial charge in [0, 0.05) is 12.4 Å². The van der Waals surface area contributed by atoms with Gasteiger partial charge in [-0.2, -0.15) is 0 Å². The first kappa shape index (κ1) is 5.75. The zero-order valence-electron chi connectivity index (χ0n) is 4.79. The van der Waals surface area contributed by atoms with Gasteiger partial charge < -0.3 is 4.98 Å². The van der Waals surface area contributed by atoms with Crippen molar-refractivity contribution in [2.75, 3.05) is 0 Å². The van der Waals surface area contributed by atoms with Gasteiger partial charge in [-0.05, 0) is 6.08 Å². The number of nitrogens with one attached hydrogen (secondary N) is 1. The van der Waals surface area contributed by atoms with Crippen molar-refractivity contribution in [3.8, 4) is 0 Å². The molecule has 0 saturated heterocycles. The van der Waals surface area contributed by atoms with Crippen molar-refractivity contribution in [1.82, 2.24) is 9.97 Å². The molecule has 3 nitrogen and oxygen atoms in total. The molecule has 0 spiro atoms. The normalized spacial score (nSPS) is 8.89. The van der Waals surface area contributed by atoms with E-state index in [1.54, 1.807) is 0 Å². The van der Waals surface area contributed by atoms with E-state index in [2.05, 4.69) is 16.5 Å². The summed E-state index contributed by atoms with van der Waals surface area (Å²) in [4.78, 5) is 16.9. The number of nitrogens with zero attached hydrogens (tertiary/aromatic N) is 1. The third kappa shape index (κ3) is 1.05. The molecule has 1 aromatic rings. The van der Waals surface area contributed by atoms with E-state index < -0.39 is 0 Å². The SMILES string of the molecule is C=Cc1ncc[nH]c1=O. The predicted octanol–water partition coefficient (Wildman–Crippen LogP) is 0.413. The highest BCUT2D eigenvalue weighted by atomic mass is 16.1. The largest absolute Gasteiger partial charge is 0.326 e. The summed E-state index contributed by atoms with van der Waals surface area (Å²) in [5.41, 5.74) is 0.157. The number of hydrogen-bond acceptors (Lipinski definition) is 2. The maximum atomic E-state index is 10.7. The Hall–Kier alpha value is -1.38. The van der Waals surface area contributed by atoms with Crippen LogP contribution in [0.25, 0.3) is 6.08 Å². The molecule has 46 valence electrons. The highest BCUT2D eigenvalue weighted by Crippen LogP contribution is 1.81.